The van der Waals surface area contributed by atoms with Crippen LogP contribution in [0.25, 0.3) is 0 Å². The molecule has 4 heteroatoms. The van der Waals surface area contributed by atoms with E-state index in [4.69, 9.17) is 21.1 Å². The van der Waals surface area contributed by atoms with Gasteiger partial charge in [0, 0.05) is 19.9 Å². The molecule has 0 aliphatic carbocycles. The topological polar surface area (TPSA) is 30.5 Å². The van der Waals surface area contributed by atoms with Crippen molar-refractivity contribution in [2.45, 2.75) is 51.4 Å². The van der Waals surface area contributed by atoms with Crippen molar-refractivity contribution in [2.75, 3.05) is 6.54 Å². The normalized spacial score (nSPS) is 24.5. The summed E-state index contributed by atoms with van der Waals surface area (Å²) in [5.74, 6) is 0.823. The molecule has 0 bridgehead atoms. The monoisotopic (exact) mass is 281 g/mol. The minimum atomic E-state index is -0.617. The van der Waals surface area contributed by atoms with Gasteiger partial charge in [-0.15, -0.1) is 0 Å². The van der Waals surface area contributed by atoms with Crippen LogP contribution in [0, 0.1) is 0 Å². The zero-order valence-electron chi connectivity index (χ0n) is 11.5. The summed E-state index contributed by atoms with van der Waals surface area (Å²) in [5.41, 5.74) is 1.21. The van der Waals surface area contributed by atoms with Crippen molar-refractivity contribution in [3.8, 4) is 11.5 Å². The lowest BCUT2D eigenvalue weighted by molar-refractivity contribution is -0.0431. The van der Waals surface area contributed by atoms with E-state index in [0.717, 1.165) is 18.7 Å². The number of ether oxygens (including phenoxy) is 2. The number of nitrogens with one attached hydrogen (secondary N) is 1. The highest BCUT2D eigenvalue weighted by atomic mass is 35.5. The fourth-order valence-electron chi connectivity index (χ4n) is 2.83. The quantitative estimate of drug-likeness (QED) is 0.899. The average molecular weight is 282 g/mol. The summed E-state index contributed by atoms with van der Waals surface area (Å²) in [6.45, 7) is 4.91. The van der Waals surface area contributed by atoms with Crippen molar-refractivity contribution in [3.63, 3.8) is 0 Å². The predicted octanol–water partition coefficient (Wildman–Crippen LogP) is 3.53. The largest absolute Gasteiger partial charge is 0.449 e. The Kier molecular flexibility index (Phi) is 3.35. The first-order valence-corrected chi connectivity index (χ1v) is 7.35. The van der Waals surface area contributed by atoms with Gasteiger partial charge in [0.2, 0.25) is 5.79 Å². The van der Waals surface area contributed by atoms with Crippen LogP contribution < -0.4 is 14.8 Å². The Labute approximate surface area is 119 Å². The second kappa shape index (κ2) is 4.88. The molecule has 1 N–H and O–H groups in total. The van der Waals surface area contributed by atoms with Gasteiger partial charge in [0.1, 0.15) is 0 Å². The maximum absolute atomic E-state index is 6.29. The van der Waals surface area contributed by atoms with Gasteiger partial charge in [-0.2, -0.15) is 0 Å². The fraction of sp³-hybridized carbons (Fsp3) is 0.600. The molecule has 2 aliphatic heterocycles. The van der Waals surface area contributed by atoms with E-state index < -0.39 is 5.79 Å². The molecular formula is C15H20ClNO2. The Balaban J connectivity index is 1.79. The van der Waals surface area contributed by atoms with Gasteiger partial charge in [0.15, 0.2) is 11.5 Å². The van der Waals surface area contributed by atoms with E-state index in [1.54, 1.807) is 0 Å². The maximum Gasteiger partial charge on any atom is 0.246 e. The first-order valence-electron chi connectivity index (χ1n) is 6.97. The second-order valence-corrected chi connectivity index (χ2v) is 6.27. The molecule has 0 aromatic heterocycles. The maximum atomic E-state index is 6.29. The van der Waals surface area contributed by atoms with Crippen molar-refractivity contribution < 1.29 is 9.47 Å². The molecule has 1 aromatic rings. The Bertz CT molecular complexity index is 481. The molecule has 2 heterocycles. The molecule has 19 heavy (non-hydrogen) atoms. The Morgan fingerprint density at radius 3 is 2.89 bits per heavy atom. The van der Waals surface area contributed by atoms with Gasteiger partial charge in [-0.05, 0) is 43.5 Å². The second-order valence-electron chi connectivity index (χ2n) is 5.86. The molecule has 1 atom stereocenters. The van der Waals surface area contributed by atoms with E-state index >= 15 is 0 Å². The van der Waals surface area contributed by atoms with Crippen molar-refractivity contribution >= 4 is 11.6 Å². The number of rotatable bonds is 2. The molecular weight excluding hydrogens is 262 g/mol. The molecule has 104 valence electrons. The lowest BCUT2D eigenvalue weighted by atomic mass is 9.97. The predicted molar refractivity (Wildman–Crippen MR) is 76.1 cm³/mol. The first kappa shape index (κ1) is 13.1. The molecule has 1 unspecified atom stereocenters. The average Bonchev–Trinajstić information content (AvgIpc) is 2.65. The van der Waals surface area contributed by atoms with Crippen molar-refractivity contribution in [2.24, 2.45) is 0 Å². The molecule has 2 aliphatic rings. The minimum Gasteiger partial charge on any atom is -0.449 e. The minimum absolute atomic E-state index is 0.554. The summed E-state index contributed by atoms with van der Waals surface area (Å²) in [5, 5.41) is 4.20. The molecule has 3 rings (SSSR count). The van der Waals surface area contributed by atoms with E-state index in [1.807, 2.05) is 19.9 Å². The van der Waals surface area contributed by atoms with Crippen LogP contribution in [0.5, 0.6) is 11.5 Å². The zero-order chi connectivity index (χ0) is 13.5. The van der Waals surface area contributed by atoms with E-state index in [0.29, 0.717) is 16.8 Å². The zero-order valence-corrected chi connectivity index (χ0v) is 12.2. The van der Waals surface area contributed by atoms with Gasteiger partial charge in [-0.3, -0.25) is 0 Å². The van der Waals surface area contributed by atoms with Gasteiger partial charge in [0.05, 0.1) is 5.02 Å². The van der Waals surface area contributed by atoms with E-state index in [9.17, 15) is 0 Å². The molecule has 0 spiro atoms. The summed E-state index contributed by atoms with van der Waals surface area (Å²) < 4.78 is 11.5. The molecule has 0 radical (unpaired) electrons. The van der Waals surface area contributed by atoms with Crippen LogP contribution in [0.2, 0.25) is 5.02 Å². The summed E-state index contributed by atoms with van der Waals surface area (Å²) >= 11 is 6.29. The molecule has 3 nitrogen and oxygen atoms in total. The highest BCUT2D eigenvalue weighted by molar-refractivity contribution is 6.32. The summed E-state index contributed by atoms with van der Waals surface area (Å²) in [7, 11) is 0. The van der Waals surface area contributed by atoms with Gasteiger partial charge >= 0.3 is 0 Å². The van der Waals surface area contributed by atoms with Gasteiger partial charge < -0.3 is 14.8 Å². The molecule has 1 saturated heterocycles. The number of piperidine rings is 1. The highest BCUT2D eigenvalue weighted by Crippen LogP contribution is 2.45. The van der Waals surface area contributed by atoms with Crippen LogP contribution in [0.3, 0.4) is 0 Å². The lowest BCUT2D eigenvalue weighted by Crippen LogP contribution is -2.35. The SMILES string of the molecule is CC1(C)Oc2cc(CC3CCCCN3)cc(Cl)c2O1. The smallest absolute Gasteiger partial charge is 0.246 e. The number of fused-ring (bicyclic) bond motifs is 1. The molecule has 0 saturated carbocycles. The molecule has 1 aromatic carbocycles. The van der Waals surface area contributed by atoms with E-state index in [2.05, 4.69) is 11.4 Å². The third kappa shape index (κ3) is 2.82. The third-order valence-electron chi connectivity index (χ3n) is 3.67. The van der Waals surface area contributed by atoms with Gasteiger partial charge in [-0.1, -0.05) is 18.0 Å². The van der Waals surface area contributed by atoms with Crippen molar-refractivity contribution in [1.82, 2.24) is 5.32 Å². The van der Waals surface area contributed by atoms with Gasteiger partial charge in [0.25, 0.3) is 0 Å². The van der Waals surface area contributed by atoms with Crippen molar-refractivity contribution in [3.05, 3.63) is 22.7 Å². The summed E-state index contributed by atoms with van der Waals surface area (Å²) in [6, 6.07) is 4.62. The number of halogens is 1. The Morgan fingerprint density at radius 1 is 1.32 bits per heavy atom. The highest BCUT2D eigenvalue weighted by Gasteiger charge is 2.33. The Hall–Kier alpha value is -0.930. The van der Waals surface area contributed by atoms with Crippen LogP contribution in [0.15, 0.2) is 12.1 Å². The number of hydrogen-bond acceptors (Lipinski definition) is 3. The van der Waals surface area contributed by atoms with Crippen LogP contribution in [0.4, 0.5) is 0 Å². The molecule has 1 fully saturated rings. The molecule has 0 amide bonds. The van der Waals surface area contributed by atoms with Crippen LogP contribution >= 0.6 is 11.6 Å². The lowest BCUT2D eigenvalue weighted by Gasteiger charge is -2.23. The van der Waals surface area contributed by atoms with Crippen LogP contribution in [0.1, 0.15) is 38.7 Å². The third-order valence-corrected chi connectivity index (χ3v) is 3.95. The number of benzene rings is 1. The van der Waals surface area contributed by atoms with Crippen LogP contribution in [-0.2, 0) is 6.42 Å². The first-order chi connectivity index (χ1) is 9.03. The summed E-state index contributed by atoms with van der Waals surface area (Å²) in [4.78, 5) is 0. The van der Waals surface area contributed by atoms with Crippen molar-refractivity contribution in [1.29, 1.82) is 0 Å². The fourth-order valence-corrected chi connectivity index (χ4v) is 3.10. The standard InChI is InChI=1S/C15H20ClNO2/c1-15(2)18-13-9-10(8-12(16)14(13)19-15)7-11-5-3-4-6-17-11/h8-9,11,17H,3-7H2,1-2H3. The van der Waals surface area contributed by atoms with E-state index in [1.165, 1.54) is 24.8 Å². The van der Waals surface area contributed by atoms with E-state index in [-0.39, 0.29) is 0 Å². The van der Waals surface area contributed by atoms with Crippen LogP contribution in [-0.4, -0.2) is 18.4 Å². The summed E-state index contributed by atoms with van der Waals surface area (Å²) in [6.07, 6.45) is 4.82. The Morgan fingerprint density at radius 2 is 2.16 bits per heavy atom. The van der Waals surface area contributed by atoms with Gasteiger partial charge in [-0.25, -0.2) is 0 Å². The number of hydrogen-bond donors (Lipinski definition) is 1.